The lowest BCUT2D eigenvalue weighted by molar-refractivity contribution is 0.741. The first-order valence-electron chi connectivity index (χ1n) is 6.58. The van der Waals surface area contributed by atoms with E-state index in [9.17, 15) is 0 Å². The highest BCUT2D eigenvalue weighted by atomic mass is 15.2. The van der Waals surface area contributed by atoms with Gasteiger partial charge in [0.05, 0.1) is 12.2 Å². The number of nitrogens with zero attached hydrogens (tertiary/aromatic N) is 3. The molecule has 1 N–H and O–H groups in total. The molecule has 18 heavy (non-hydrogen) atoms. The van der Waals surface area contributed by atoms with Crippen LogP contribution >= 0.6 is 0 Å². The minimum Gasteiger partial charge on any atom is -0.350 e. The van der Waals surface area contributed by atoms with E-state index in [4.69, 9.17) is 0 Å². The molecule has 0 aliphatic heterocycles. The van der Waals surface area contributed by atoms with Gasteiger partial charge in [0, 0.05) is 24.6 Å². The van der Waals surface area contributed by atoms with E-state index in [0.29, 0.717) is 6.04 Å². The van der Waals surface area contributed by atoms with Crippen LogP contribution in [0.15, 0.2) is 30.7 Å². The molecule has 0 spiro atoms. The molecule has 1 saturated carbocycles. The van der Waals surface area contributed by atoms with Gasteiger partial charge in [-0.1, -0.05) is 13.0 Å². The number of hydrogen-bond acceptors (Lipinski definition) is 3. The van der Waals surface area contributed by atoms with Gasteiger partial charge >= 0.3 is 0 Å². The number of imidazole rings is 1. The Labute approximate surface area is 107 Å². The molecule has 3 rings (SSSR count). The van der Waals surface area contributed by atoms with E-state index in [1.54, 1.807) is 0 Å². The van der Waals surface area contributed by atoms with Crippen LogP contribution in [0.25, 0.3) is 0 Å². The zero-order chi connectivity index (χ0) is 12.4. The predicted molar refractivity (Wildman–Crippen MR) is 71.4 cm³/mol. The van der Waals surface area contributed by atoms with Crippen LogP contribution in [0, 0.1) is 0 Å². The first-order chi connectivity index (χ1) is 8.88. The fourth-order valence-electron chi connectivity index (χ4n) is 2.21. The van der Waals surface area contributed by atoms with Crippen LogP contribution in [-0.2, 0) is 13.0 Å². The number of rotatable bonds is 5. The van der Waals surface area contributed by atoms with Gasteiger partial charge in [0.25, 0.3) is 0 Å². The third-order valence-corrected chi connectivity index (χ3v) is 3.39. The Morgan fingerprint density at radius 1 is 1.33 bits per heavy atom. The van der Waals surface area contributed by atoms with E-state index in [0.717, 1.165) is 24.6 Å². The minimum atomic E-state index is 0.657. The molecule has 0 saturated heterocycles. The fourth-order valence-corrected chi connectivity index (χ4v) is 2.21. The van der Waals surface area contributed by atoms with Gasteiger partial charge in [0.2, 0.25) is 5.95 Å². The number of aryl methyl sites for hydroxylation is 1. The average Bonchev–Trinajstić information content (AvgIpc) is 3.16. The lowest BCUT2D eigenvalue weighted by Crippen LogP contribution is -2.09. The summed E-state index contributed by atoms with van der Waals surface area (Å²) >= 11 is 0. The molecule has 94 valence electrons. The van der Waals surface area contributed by atoms with E-state index >= 15 is 0 Å². The molecule has 0 unspecified atom stereocenters. The summed E-state index contributed by atoms with van der Waals surface area (Å²) in [4.78, 5) is 8.81. The maximum absolute atomic E-state index is 4.44. The molecule has 1 aliphatic carbocycles. The van der Waals surface area contributed by atoms with E-state index < -0.39 is 0 Å². The van der Waals surface area contributed by atoms with Crippen molar-refractivity contribution in [2.24, 2.45) is 0 Å². The number of anilines is 1. The molecule has 0 amide bonds. The lowest BCUT2D eigenvalue weighted by atomic mass is 10.1. The first-order valence-corrected chi connectivity index (χ1v) is 6.58. The van der Waals surface area contributed by atoms with Gasteiger partial charge in [0.1, 0.15) is 0 Å². The summed E-state index contributed by atoms with van der Waals surface area (Å²) < 4.78 is 2.23. The fraction of sp³-hybridized carbons (Fsp3) is 0.429. The van der Waals surface area contributed by atoms with Gasteiger partial charge in [-0.2, -0.15) is 0 Å². The smallest absolute Gasteiger partial charge is 0.203 e. The molecule has 0 atom stereocenters. The molecule has 2 aromatic rings. The predicted octanol–water partition coefficient (Wildman–Crippen LogP) is 2.79. The molecular formula is C14H18N4. The minimum absolute atomic E-state index is 0.657. The summed E-state index contributed by atoms with van der Waals surface area (Å²) in [5.74, 6) is 0.963. The molecule has 2 aromatic heterocycles. The second kappa shape index (κ2) is 4.80. The van der Waals surface area contributed by atoms with Gasteiger partial charge in [-0.25, -0.2) is 4.98 Å². The lowest BCUT2D eigenvalue weighted by Gasteiger charge is -2.10. The van der Waals surface area contributed by atoms with Crippen LogP contribution in [0.1, 0.15) is 37.1 Å². The molecule has 1 aliphatic rings. The van der Waals surface area contributed by atoms with Crippen molar-refractivity contribution in [3.05, 3.63) is 42.0 Å². The van der Waals surface area contributed by atoms with Gasteiger partial charge in [-0.15, -0.1) is 0 Å². The zero-order valence-corrected chi connectivity index (χ0v) is 10.6. The molecule has 1 fully saturated rings. The third-order valence-electron chi connectivity index (χ3n) is 3.39. The molecular weight excluding hydrogens is 224 g/mol. The monoisotopic (exact) mass is 242 g/mol. The second-order valence-electron chi connectivity index (χ2n) is 4.71. The number of hydrogen-bond donors (Lipinski definition) is 1. The molecule has 2 heterocycles. The van der Waals surface area contributed by atoms with Crippen LogP contribution in [0.3, 0.4) is 0 Å². The van der Waals surface area contributed by atoms with Crippen LogP contribution in [0.4, 0.5) is 5.95 Å². The Balaban J connectivity index is 1.71. The Kier molecular flexibility index (Phi) is 3.00. The van der Waals surface area contributed by atoms with E-state index in [1.807, 2.05) is 18.5 Å². The zero-order valence-electron chi connectivity index (χ0n) is 10.6. The maximum atomic E-state index is 4.44. The van der Waals surface area contributed by atoms with Crippen molar-refractivity contribution < 1.29 is 0 Å². The Morgan fingerprint density at radius 3 is 3.00 bits per heavy atom. The molecule has 0 aromatic carbocycles. The molecule has 0 bridgehead atoms. The third kappa shape index (κ3) is 2.23. The van der Waals surface area contributed by atoms with Crippen LogP contribution < -0.4 is 5.32 Å². The first kappa shape index (κ1) is 11.3. The standard InChI is InChI=1S/C14H18N4/c1-2-11-4-3-7-15-13(11)10-17-14-16-8-9-18(14)12-5-6-12/h3-4,7-9,12H,2,5-6,10H2,1H3,(H,16,17). The summed E-state index contributed by atoms with van der Waals surface area (Å²) in [5.41, 5.74) is 2.42. The number of pyridine rings is 1. The summed E-state index contributed by atoms with van der Waals surface area (Å²) in [7, 11) is 0. The van der Waals surface area contributed by atoms with Crippen molar-refractivity contribution in [3.63, 3.8) is 0 Å². The summed E-state index contributed by atoms with van der Waals surface area (Å²) in [5, 5.41) is 3.39. The Bertz CT molecular complexity index is 528. The highest BCUT2D eigenvalue weighted by molar-refractivity contribution is 5.31. The van der Waals surface area contributed by atoms with E-state index in [2.05, 4.69) is 39.0 Å². The van der Waals surface area contributed by atoms with Gasteiger partial charge in [-0.3, -0.25) is 4.98 Å². The summed E-state index contributed by atoms with van der Waals surface area (Å²) in [6.45, 7) is 2.90. The van der Waals surface area contributed by atoms with Gasteiger partial charge < -0.3 is 9.88 Å². The molecule has 0 radical (unpaired) electrons. The quantitative estimate of drug-likeness (QED) is 0.876. The van der Waals surface area contributed by atoms with Crippen molar-refractivity contribution in [2.75, 3.05) is 5.32 Å². The van der Waals surface area contributed by atoms with E-state index in [1.165, 1.54) is 18.4 Å². The van der Waals surface area contributed by atoms with E-state index in [-0.39, 0.29) is 0 Å². The highest BCUT2D eigenvalue weighted by Gasteiger charge is 2.25. The normalized spacial score (nSPS) is 14.7. The summed E-state index contributed by atoms with van der Waals surface area (Å²) in [6.07, 6.45) is 9.33. The largest absolute Gasteiger partial charge is 0.350 e. The number of nitrogens with one attached hydrogen (secondary N) is 1. The van der Waals surface area contributed by atoms with Crippen molar-refractivity contribution in [2.45, 2.75) is 38.8 Å². The SMILES string of the molecule is CCc1cccnc1CNc1nccn1C1CC1. The topological polar surface area (TPSA) is 42.7 Å². The number of aromatic nitrogens is 3. The maximum Gasteiger partial charge on any atom is 0.203 e. The Morgan fingerprint density at radius 2 is 2.22 bits per heavy atom. The average molecular weight is 242 g/mol. The summed E-state index contributed by atoms with van der Waals surface area (Å²) in [6, 6.07) is 4.79. The van der Waals surface area contributed by atoms with Crippen LogP contribution in [-0.4, -0.2) is 14.5 Å². The van der Waals surface area contributed by atoms with Crippen molar-refractivity contribution in [3.8, 4) is 0 Å². The second-order valence-corrected chi connectivity index (χ2v) is 4.71. The molecule has 4 heteroatoms. The Hall–Kier alpha value is -1.84. The van der Waals surface area contributed by atoms with Crippen molar-refractivity contribution >= 4 is 5.95 Å². The molecule has 4 nitrogen and oxygen atoms in total. The highest BCUT2D eigenvalue weighted by Crippen LogP contribution is 2.36. The van der Waals surface area contributed by atoms with Crippen molar-refractivity contribution in [1.82, 2.24) is 14.5 Å². The van der Waals surface area contributed by atoms with Gasteiger partial charge in [-0.05, 0) is 30.9 Å². The van der Waals surface area contributed by atoms with Crippen molar-refractivity contribution in [1.29, 1.82) is 0 Å². The van der Waals surface area contributed by atoms with Crippen LogP contribution in [0.5, 0.6) is 0 Å². The van der Waals surface area contributed by atoms with Gasteiger partial charge in [0.15, 0.2) is 0 Å². The van der Waals surface area contributed by atoms with Crippen LogP contribution in [0.2, 0.25) is 0 Å².